The van der Waals surface area contributed by atoms with Gasteiger partial charge in [-0.1, -0.05) is 40.0 Å². The number of nitrogens with one attached hydrogen (secondary N) is 1. The summed E-state index contributed by atoms with van der Waals surface area (Å²) in [6, 6.07) is 1.67. The van der Waals surface area contributed by atoms with Gasteiger partial charge in [-0.15, -0.1) is 0 Å². The lowest BCUT2D eigenvalue weighted by atomic mass is 9.87. The van der Waals surface area contributed by atoms with E-state index in [4.69, 9.17) is 5.73 Å². The quantitative estimate of drug-likeness (QED) is 0.593. The third-order valence-electron chi connectivity index (χ3n) is 3.52. The van der Waals surface area contributed by atoms with E-state index in [2.05, 4.69) is 26.1 Å². The highest BCUT2D eigenvalue weighted by Gasteiger charge is 2.20. The minimum atomic E-state index is -0.900. The fraction of sp³-hybridized carbons (Fsp3) is 0.562. The van der Waals surface area contributed by atoms with Crippen LogP contribution in [0.5, 0.6) is 0 Å². The maximum atomic E-state index is 13.6. The largest absolute Gasteiger partial charge is 0.396 e. The third-order valence-corrected chi connectivity index (χ3v) is 3.52. The Kier molecular flexibility index (Phi) is 6.12. The highest BCUT2D eigenvalue weighted by molar-refractivity contribution is 5.95. The summed E-state index contributed by atoms with van der Waals surface area (Å²) in [5, 5.41) is 2.70. The molecule has 0 aliphatic rings. The normalized spacial score (nSPS) is 11.5. The van der Waals surface area contributed by atoms with Crippen LogP contribution in [0.1, 0.15) is 56.8 Å². The van der Waals surface area contributed by atoms with Crippen molar-refractivity contribution in [2.45, 2.75) is 46.5 Å². The molecule has 0 radical (unpaired) electrons. The molecule has 0 saturated heterocycles. The minimum Gasteiger partial charge on any atom is -0.396 e. The summed E-state index contributed by atoms with van der Waals surface area (Å²) in [5.41, 5.74) is 4.85. The van der Waals surface area contributed by atoms with Gasteiger partial charge in [-0.3, -0.25) is 4.79 Å². The molecule has 5 heteroatoms. The predicted molar refractivity (Wildman–Crippen MR) is 81.0 cm³/mol. The summed E-state index contributed by atoms with van der Waals surface area (Å²) < 4.78 is 26.7. The zero-order chi connectivity index (χ0) is 16.0. The van der Waals surface area contributed by atoms with Crippen LogP contribution in [0.2, 0.25) is 0 Å². The Balaban J connectivity index is 2.63. The molecule has 0 saturated carbocycles. The van der Waals surface area contributed by atoms with Crippen molar-refractivity contribution in [1.82, 2.24) is 5.32 Å². The Labute approximate surface area is 124 Å². The van der Waals surface area contributed by atoms with E-state index in [-0.39, 0.29) is 16.7 Å². The van der Waals surface area contributed by atoms with Gasteiger partial charge in [0.1, 0.15) is 11.6 Å². The van der Waals surface area contributed by atoms with Gasteiger partial charge in [0.25, 0.3) is 5.91 Å². The van der Waals surface area contributed by atoms with Crippen LogP contribution in [-0.2, 0) is 0 Å². The van der Waals surface area contributed by atoms with Gasteiger partial charge < -0.3 is 11.1 Å². The number of benzene rings is 1. The monoisotopic (exact) mass is 298 g/mol. The highest BCUT2D eigenvalue weighted by Crippen LogP contribution is 2.23. The summed E-state index contributed by atoms with van der Waals surface area (Å²) in [7, 11) is 0. The lowest BCUT2D eigenvalue weighted by Crippen LogP contribution is -2.34. The number of hydrogen-bond donors (Lipinski definition) is 2. The van der Waals surface area contributed by atoms with Crippen LogP contribution in [0, 0.1) is 17.0 Å². The summed E-state index contributed by atoms with van der Waals surface area (Å²) >= 11 is 0. The molecule has 0 bridgehead atoms. The van der Waals surface area contributed by atoms with Crippen LogP contribution < -0.4 is 11.1 Å². The number of carbonyl (C=O) groups excluding carboxylic acids is 1. The Bertz CT molecular complexity index is 501. The van der Waals surface area contributed by atoms with Crippen LogP contribution in [0.15, 0.2) is 12.1 Å². The molecule has 21 heavy (non-hydrogen) atoms. The van der Waals surface area contributed by atoms with Gasteiger partial charge in [0.05, 0.1) is 11.3 Å². The van der Waals surface area contributed by atoms with Gasteiger partial charge in [-0.25, -0.2) is 8.78 Å². The molecule has 0 spiro atoms. The Morgan fingerprint density at radius 1 is 1.24 bits per heavy atom. The topological polar surface area (TPSA) is 55.1 Å². The second-order valence-electron chi connectivity index (χ2n) is 6.16. The number of anilines is 1. The van der Waals surface area contributed by atoms with Gasteiger partial charge in [0.15, 0.2) is 0 Å². The van der Waals surface area contributed by atoms with E-state index in [1.54, 1.807) is 0 Å². The molecule has 3 nitrogen and oxygen atoms in total. The number of nitrogens with two attached hydrogens (primary N) is 1. The van der Waals surface area contributed by atoms with Crippen LogP contribution in [0.4, 0.5) is 14.5 Å². The maximum Gasteiger partial charge on any atom is 0.254 e. The van der Waals surface area contributed by atoms with Crippen molar-refractivity contribution in [2.24, 2.45) is 5.41 Å². The van der Waals surface area contributed by atoms with E-state index in [1.165, 1.54) is 0 Å². The standard InChI is InChI=1S/C16H24F2N2O/c1-4-5-6-7-16(2,3)10-20-15(21)11-8-14(19)13(18)9-12(11)17/h8-9H,4-7,10,19H2,1-3H3,(H,20,21). The van der Waals surface area contributed by atoms with Crippen LogP contribution >= 0.6 is 0 Å². The molecule has 0 aliphatic heterocycles. The molecular weight excluding hydrogens is 274 g/mol. The number of nitrogen functional groups attached to an aromatic ring is 1. The van der Waals surface area contributed by atoms with E-state index in [1.807, 2.05) is 0 Å². The first-order valence-corrected chi connectivity index (χ1v) is 7.29. The maximum absolute atomic E-state index is 13.6. The first kappa shape index (κ1) is 17.4. The zero-order valence-corrected chi connectivity index (χ0v) is 12.9. The first-order chi connectivity index (χ1) is 9.76. The molecule has 0 aromatic heterocycles. The minimum absolute atomic E-state index is 0.0626. The van der Waals surface area contributed by atoms with E-state index >= 15 is 0 Å². The Morgan fingerprint density at radius 2 is 1.90 bits per heavy atom. The molecule has 3 N–H and O–H groups in total. The molecule has 0 atom stereocenters. The SMILES string of the molecule is CCCCCC(C)(C)CNC(=O)c1cc(N)c(F)cc1F. The van der Waals surface area contributed by atoms with E-state index < -0.39 is 17.5 Å². The summed E-state index contributed by atoms with van der Waals surface area (Å²) in [6.07, 6.45) is 4.37. The number of amides is 1. The highest BCUT2D eigenvalue weighted by atomic mass is 19.1. The first-order valence-electron chi connectivity index (χ1n) is 7.29. The van der Waals surface area contributed by atoms with Crippen LogP contribution in [0.3, 0.4) is 0 Å². The Hall–Kier alpha value is -1.65. The molecule has 1 rings (SSSR count). The van der Waals surface area contributed by atoms with Gasteiger partial charge in [0.2, 0.25) is 0 Å². The van der Waals surface area contributed by atoms with Crippen LogP contribution in [0.25, 0.3) is 0 Å². The lowest BCUT2D eigenvalue weighted by Gasteiger charge is -2.25. The molecule has 1 aromatic carbocycles. The number of hydrogen-bond acceptors (Lipinski definition) is 2. The third kappa shape index (κ3) is 5.33. The predicted octanol–water partition coefficient (Wildman–Crippen LogP) is 3.88. The number of rotatable bonds is 7. The van der Waals surface area contributed by atoms with Crippen molar-refractivity contribution >= 4 is 11.6 Å². The fourth-order valence-electron chi connectivity index (χ4n) is 2.10. The molecule has 0 aliphatic carbocycles. The summed E-state index contributed by atoms with van der Waals surface area (Å²) in [4.78, 5) is 12.0. The van der Waals surface area contributed by atoms with Gasteiger partial charge >= 0.3 is 0 Å². The van der Waals surface area contributed by atoms with Crippen molar-refractivity contribution in [2.75, 3.05) is 12.3 Å². The van der Waals surface area contributed by atoms with E-state index in [9.17, 15) is 13.6 Å². The van der Waals surface area contributed by atoms with Crippen molar-refractivity contribution < 1.29 is 13.6 Å². The van der Waals surface area contributed by atoms with E-state index in [0.29, 0.717) is 12.6 Å². The van der Waals surface area contributed by atoms with Gasteiger partial charge in [-0.2, -0.15) is 0 Å². The van der Waals surface area contributed by atoms with Crippen LogP contribution in [-0.4, -0.2) is 12.5 Å². The summed E-state index contributed by atoms with van der Waals surface area (Å²) in [5.74, 6) is -2.32. The number of carbonyl (C=O) groups is 1. The average molecular weight is 298 g/mol. The van der Waals surface area contributed by atoms with Gasteiger partial charge in [0, 0.05) is 12.6 Å². The second-order valence-corrected chi connectivity index (χ2v) is 6.16. The fourth-order valence-corrected chi connectivity index (χ4v) is 2.10. The second kappa shape index (κ2) is 7.38. The molecule has 0 unspecified atom stereocenters. The molecular formula is C16H24F2N2O. The van der Waals surface area contributed by atoms with Gasteiger partial charge in [-0.05, 0) is 17.9 Å². The lowest BCUT2D eigenvalue weighted by molar-refractivity contribution is 0.0930. The zero-order valence-electron chi connectivity index (χ0n) is 12.9. The van der Waals surface area contributed by atoms with E-state index in [0.717, 1.165) is 31.7 Å². The van der Waals surface area contributed by atoms with Crippen molar-refractivity contribution in [3.05, 3.63) is 29.3 Å². The van der Waals surface area contributed by atoms with Crippen molar-refractivity contribution in [3.8, 4) is 0 Å². The molecule has 0 heterocycles. The molecule has 1 aromatic rings. The van der Waals surface area contributed by atoms with Crippen molar-refractivity contribution in [3.63, 3.8) is 0 Å². The number of unbranched alkanes of at least 4 members (excludes halogenated alkanes) is 2. The summed E-state index contributed by atoms with van der Waals surface area (Å²) in [6.45, 7) is 6.68. The molecule has 0 fully saturated rings. The smallest absolute Gasteiger partial charge is 0.254 e. The van der Waals surface area contributed by atoms with Crippen molar-refractivity contribution in [1.29, 1.82) is 0 Å². The molecule has 1 amide bonds. The number of halogens is 2. The average Bonchev–Trinajstić information content (AvgIpc) is 2.40. The molecule has 118 valence electrons. The Morgan fingerprint density at radius 3 is 2.52 bits per heavy atom.